The van der Waals surface area contributed by atoms with Crippen molar-refractivity contribution in [2.75, 3.05) is 0 Å². The van der Waals surface area contributed by atoms with Gasteiger partial charge in [0.1, 0.15) is 16.9 Å². The van der Waals surface area contributed by atoms with E-state index in [9.17, 15) is 9.90 Å². The number of aromatic nitrogens is 2. The number of benzene rings is 1. The Labute approximate surface area is 120 Å². The number of para-hydroxylation sites is 1. The minimum Gasteiger partial charge on any atom is -0.478 e. The second-order valence-corrected chi connectivity index (χ2v) is 5.41. The van der Waals surface area contributed by atoms with Crippen LogP contribution in [-0.4, -0.2) is 20.9 Å². The highest BCUT2D eigenvalue weighted by atomic mass is 16.4. The molecular weight excluding hydrogens is 268 g/mol. The van der Waals surface area contributed by atoms with Crippen LogP contribution in [0.4, 0.5) is 0 Å². The van der Waals surface area contributed by atoms with Gasteiger partial charge in [0.25, 0.3) is 0 Å². The van der Waals surface area contributed by atoms with Crippen molar-refractivity contribution in [3.63, 3.8) is 0 Å². The highest BCUT2D eigenvalue weighted by molar-refractivity contribution is 6.03. The standard InChI is InChI=1S/C16H14N2O3/c19-16(20)15-11-3-1-2-4-13(11)21-14(15)9-18-8-7-12(17-18)10-5-6-10/h1-4,7-8,10H,5-6,9H2,(H,19,20). The Morgan fingerprint density at radius 3 is 2.90 bits per heavy atom. The molecule has 0 saturated heterocycles. The molecule has 5 heteroatoms. The normalized spacial score (nSPS) is 14.7. The Balaban J connectivity index is 1.74. The van der Waals surface area contributed by atoms with Crippen molar-refractivity contribution in [3.8, 4) is 0 Å². The van der Waals surface area contributed by atoms with E-state index in [0.29, 0.717) is 29.2 Å². The number of rotatable bonds is 4. The zero-order valence-electron chi connectivity index (χ0n) is 11.3. The molecule has 1 N–H and O–H groups in total. The Hall–Kier alpha value is -2.56. The first kappa shape index (κ1) is 12.2. The van der Waals surface area contributed by atoms with Crippen LogP contribution >= 0.6 is 0 Å². The average molecular weight is 282 g/mol. The highest BCUT2D eigenvalue weighted by Crippen LogP contribution is 2.38. The third-order valence-electron chi connectivity index (χ3n) is 3.84. The fourth-order valence-corrected chi connectivity index (χ4v) is 2.65. The van der Waals surface area contributed by atoms with E-state index in [-0.39, 0.29) is 5.56 Å². The molecule has 1 aromatic carbocycles. The number of fused-ring (bicyclic) bond motifs is 1. The summed E-state index contributed by atoms with van der Waals surface area (Å²) >= 11 is 0. The molecule has 0 unspecified atom stereocenters. The third kappa shape index (κ3) is 2.11. The van der Waals surface area contributed by atoms with Crippen LogP contribution in [0.3, 0.4) is 0 Å². The van der Waals surface area contributed by atoms with Crippen molar-refractivity contribution in [2.24, 2.45) is 0 Å². The second kappa shape index (κ2) is 4.48. The predicted octanol–water partition coefficient (Wildman–Crippen LogP) is 3.25. The van der Waals surface area contributed by atoms with Crippen LogP contribution in [0.2, 0.25) is 0 Å². The lowest BCUT2D eigenvalue weighted by Gasteiger charge is -2.00. The van der Waals surface area contributed by atoms with Gasteiger partial charge in [-0.05, 0) is 25.0 Å². The number of carboxylic acids is 1. The summed E-state index contributed by atoms with van der Waals surface area (Å²) in [6.07, 6.45) is 4.27. The van der Waals surface area contributed by atoms with Gasteiger partial charge in [0.15, 0.2) is 0 Å². The van der Waals surface area contributed by atoms with Crippen molar-refractivity contribution in [1.82, 2.24) is 9.78 Å². The summed E-state index contributed by atoms with van der Waals surface area (Å²) < 4.78 is 7.46. The molecule has 2 aromatic heterocycles. The van der Waals surface area contributed by atoms with Crippen molar-refractivity contribution < 1.29 is 14.3 Å². The van der Waals surface area contributed by atoms with Crippen molar-refractivity contribution in [1.29, 1.82) is 0 Å². The van der Waals surface area contributed by atoms with Gasteiger partial charge in [-0.3, -0.25) is 4.68 Å². The summed E-state index contributed by atoms with van der Waals surface area (Å²) in [5.41, 5.74) is 1.91. The van der Waals surface area contributed by atoms with Gasteiger partial charge in [-0.1, -0.05) is 18.2 Å². The van der Waals surface area contributed by atoms with E-state index in [1.165, 1.54) is 12.8 Å². The predicted molar refractivity (Wildman–Crippen MR) is 76.5 cm³/mol. The maximum atomic E-state index is 11.5. The molecule has 1 aliphatic carbocycles. The Morgan fingerprint density at radius 2 is 2.14 bits per heavy atom. The fourth-order valence-electron chi connectivity index (χ4n) is 2.65. The molecule has 0 atom stereocenters. The van der Waals surface area contributed by atoms with E-state index >= 15 is 0 Å². The van der Waals surface area contributed by atoms with Crippen LogP contribution in [0.15, 0.2) is 40.9 Å². The number of carboxylic acid groups (broad SMARTS) is 1. The van der Waals surface area contributed by atoms with E-state index in [1.54, 1.807) is 16.8 Å². The molecular formula is C16H14N2O3. The summed E-state index contributed by atoms with van der Waals surface area (Å²) in [7, 11) is 0. The van der Waals surface area contributed by atoms with Gasteiger partial charge in [0.2, 0.25) is 0 Å². The van der Waals surface area contributed by atoms with Crippen molar-refractivity contribution >= 4 is 16.9 Å². The Bertz CT molecular complexity index is 827. The minimum absolute atomic E-state index is 0.231. The largest absolute Gasteiger partial charge is 0.478 e. The summed E-state index contributed by atoms with van der Waals surface area (Å²) in [5.74, 6) is 0.0551. The van der Waals surface area contributed by atoms with E-state index in [2.05, 4.69) is 5.10 Å². The summed E-state index contributed by atoms with van der Waals surface area (Å²) in [6, 6.07) is 9.20. The van der Waals surface area contributed by atoms with Crippen LogP contribution in [0, 0.1) is 0 Å². The first-order valence-electron chi connectivity index (χ1n) is 6.99. The zero-order valence-corrected chi connectivity index (χ0v) is 11.3. The molecule has 1 saturated carbocycles. The minimum atomic E-state index is -0.968. The van der Waals surface area contributed by atoms with Gasteiger partial charge in [0.05, 0.1) is 12.2 Å². The first-order valence-corrected chi connectivity index (χ1v) is 6.99. The average Bonchev–Trinajstić information content (AvgIpc) is 3.09. The first-order chi connectivity index (χ1) is 10.2. The summed E-state index contributed by atoms with van der Waals surface area (Å²) in [6.45, 7) is 0.336. The zero-order chi connectivity index (χ0) is 14.4. The van der Waals surface area contributed by atoms with E-state index < -0.39 is 5.97 Å². The van der Waals surface area contributed by atoms with E-state index in [4.69, 9.17) is 4.42 Å². The van der Waals surface area contributed by atoms with Gasteiger partial charge in [0, 0.05) is 17.5 Å². The van der Waals surface area contributed by atoms with Crippen LogP contribution in [0.25, 0.3) is 11.0 Å². The van der Waals surface area contributed by atoms with Gasteiger partial charge in [-0.15, -0.1) is 0 Å². The molecule has 106 valence electrons. The van der Waals surface area contributed by atoms with E-state index in [1.807, 2.05) is 24.4 Å². The molecule has 0 aliphatic heterocycles. The van der Waals surface area contributed by atoms with Gasteiger partial charge in [-0.25, -0.2) is 4.79 Å². The number of hydrogen-bond donors (Lipinski definition) is 1. The van der Waals surface area contributed by atoms with Gasteiger partial charge >= 0.3 is 5.97 Å². The SMILES string of the molecule is O=C(O)c1c(Cn2ccc(C3CC3)n2)oc2ccccc12. The molecule has 21 heavy (non-hydrogen) atoms. The molecule has 1 aliphatic rings. The van der Waals surface area contributed by atoms with Crippen LogP contribution in [0.5, 0.6) is 0 Å². The lowest BCUT2D eigenvalue weighted by Crippen LogP contribution is -2.05. The fraction of sp³-hybridized carbons (Fsp3) is 0.250. The van der Waals surface area contributed by atoms with Crippen molar-refractivity contribution in [3.05, 3.63) is 53.5 Å². The molecule has 4 rings (SSSR count). The van der Waals surface area contributed by atoms with Crippen LogP contribution in [0.1, 0.15) is 40.6 Å². The topological polar surface area (TPSA) is 68.3 Å². The number of hydrogen-bond acceptors (Lipinski definition) is 3. The molecule has 3 aromatic rings. The quantitative estimate of drug-likeness (QED) is 0.797. The molecule has 5 nitrogen and oxygen atoms in total. The van der Waals surface area contributed by atoms with Gasteiger partial charge in [-0.2, -0.15) is 5.10 Å². The second-order valence-electron chi connectivity index (χ2n) is 5.41. The van der Waals surface area contributed by atoms with Gasteiger partial charge < -0.3 is 9.52 Å². The smallest absolute Gasteiger partial charge is 0.339 e. The Morgan fingerprint density at radius 1 is 1.33 bits per heavy atom. The number of carbonyl (C=O) groups is 1. The lowest BCUT2D eigenvalue weighted by molar-refractivity contribution is 0.0696. The molecule has 0 spiro atoms. The maximum Gasteiger partial charge on any atom is 0.339 e. The molecule has 2 heterocycles. The monoisotopic (exact) mass is 282 g/mol. The summed E-state index contributed by atoms with van der Waals surface area (Å²) in [4.78, 5) is 11.5. The maximum absolute atomic E-state index is 11.5. The highest BCUT2D eigenvalue weighted by Gasteiger charge is 2.26. The van der Waals surface area contributed by atoms with E-state index in [0.717, 1.165) is 5.69 Å². The molecule has 0 bridgehead atoms. The number of aromatic carboxylic acids is 1. The summed E-state index contributed by atoms with van der Waals surface area (Å²) in [5, 5.41) is 14.6. The van der Waals surface area contributed by atoms with Crippen LogP contribution < -0.4 is 0 Å². The lowest BCUT2D eigenvalue weighted by atomic mass is 10.1. The number of nitrogens with zero attached hydrogens (tertiary/aromatic N) is 2. The molecule has 1 fully saturated rings. The number of furan rings is 1. The molecule has 0 amide bonds. The Kier molecular flexibility index (Phi) is 2.60. The van der Waals surface area contributed by atoms with Crippen molar-refractivity contribution in [2.45, 2.75) is 25.3 Å². The molecule has 0 radical (unpaired) electrons. The third-order valence-corrected chi connectivity index (χ3v) is 3.84. The van der Waals surface area contributed by atoms with Crippen LogP contribution in [-0.2, 0) is 6.54 Å².